The Kier molecular flexibility index (Phi) is 5.73. The number of hydrogen-bond acceptors (Lipinski definition) is 3. The lowest BCUT2D eigenvalue weighted by molar-refractivity contribution is 0.138. The molecule has 1 fully saturated rings. The number of rotatable bonds is 6. The van der Waals surface area contributed by atoms with Gasteiger partial charge in [-0.25, -0.2) is 0 Å². The Morgan fingerprint density at radius 2 is 1.81 bits per heavy atom. The van der Waals surface area contributed by atoms with Crippen LogP contribution in [0.1, 0.15) is 47.0 Å². The number of aliphatic hydroxyl groups excluding tert-OH is 1. The number of nitrogens with one attached hydrogen (secondary N) is 1. The van der Waals surface area contributed by atoms with Gasteiger partial charge in [0, 0.05) is 31.2 Å². The van der Waals surface area contributed by atoms with Crippen LogP contribution in [0.25, 0.3) is 0 Å². The molecule has 0 bridgehead atoms. The zero-order valence-electron chi connectivity index (χ0n) is 11.2. The molecule has 0 aromatic heterocycles. The van der Waals surface area contributed by atoms with Gasteiger partial charge in [0.15, 0.2) is 0 Å². The van der Waals surface area contributed by atoms with Crippen molar-refractivity contribution in [3.63, 3.8) is 0 Å². The first-order valence-electron chi connectivity index (χ1n) is 6.69. The molecule has 1 rings (SSSR count). The average Bonchev–Trinajstić information content (AvgIpc) is 2.57. The predicted molar refractivity (Wildman–Crippen MR) is 68.6 cm³/mol. The topological polar surface area (TPSA) is 35.5 Å². The van der Waals surface area contributed by atoms with Crippen LogP contribution in [0.5, 0.6) is 0 Å². The van der Waals surface area contributed by atoms with Crippen LogP contribution in [-0.2, 0) is 0 Å². The van der Waals surface area contributed by atoms with E-state index in [4.69, 9.17) is 0 Å². The maximum absolute atomic E-state index is 9.70. The Hall–Kier alpha value is -0.120. The first-order chi connectivity index (χ1) is 7.52. The SMILES string of the molecule is CC(C)N(CCNC1CCCC1O)C(C)C. The van der Waals surface area contributed by atoms with Crippen LogP contribution in [0.3, 0.4) is 0 Å². The molecule has 16 heavy (non-hydrogen) atoms. The summed E-state index contributed by atoms with van der Waals surface area (Å²) in [6, 6.07) is 1.52. The molecule has 2 unspecified atom stereocenters. The van der Waals surface area contributed by atoms with E-state index in [2.05, 4.69) is 37.9 Å². The summed E-state index contributed by atoms with van der Waals surface area (Å²) >= 11 is 0. The van der Waals surface area contributed by atoms with Crippen molar-refractivity contribution in [2.45, 2.75) is 71.2 Å². The van der Waals surface area contributed by atoms with E-state index in [1.165, 1.54) is 0 Å². The Morgan fingerprint density at radius 3 is 2.25 bits per heavy atom. The van der Waals surface area contributed by atoms with Gasteiger partial charge in [0.05, 0.1) is 6.10 Å². The fourth-order valence-corrected chi connectivity index (χ4v) is 2.67. The van der Waals surface area contributed by atoms with Gasteiger partial charge in [-0.2, -0.15) is 0 Å². The van der Waals surface area contributed by atoms with Gasteiger partial charge in [-0.15, -0.1) is 0 Å². The lowest BCUT2D eigenvalue weighted by atomic mass is 10.2. The summed E-state index contributed by atoms with van der Waals surface area (Å²) in [6.45, 7) is 11.0. The highest BCUT2D eigenvalue weighted by Crippen LogP contribution is 2.18. The second-order valence-corrected chi connectivity index (χ2v) is 5.48. The minimum atomic E-state index is -0.119. The summed E-state index contributed by atoms with van der Waals surface area (Å²) in [5, 5.41) is 13.2. The Balaban J connectivity index is 2.22. The molecule has 2 atom stereocenters. The molecule has 1 aliphatic carbocycles. The molecule has 0 aromatic carbocycles. The third-order valence-electron chi connectivity index (χ3n) is 3.58. The molecule has 0 aromatic rings. The Labute approximate surface area is 100 Å². The van der Waals surface area contributed by atoms with Gasteiger partial charge in [-0.1, -0.05) is 0 Å². The van der Waals surface area contributed by atoms with Gasteiger partial charge in [-0.05, 0) is 47.0 Å². The Morgan fingerprint density at radius 1 is 1.19 bits per heavy atom. The molecule has 0 spiro atoms. The third kappa shape index (κ3) is 4.04. The molecule has 3 nitrogen and oxygen atoms in total. The zero-order valence-corrected chi connectivity index (χ0v) is 11.2. The molecule has 96 valence electrons. The molecule has 1 saturated carbocycles. The molecule has 0 saturated heterocycles. The van der Waals surface area contributed by atoms with E-state index < -0.39 is 0 Å². The van der Waals surface area contributed by atoms with E-state index in [0.29, 0.717) is 18.1 Å². The molecule has 0 aliphatic heterocycles. The highest BCUT2D eigenvalue weighted by Gasteiger charge is 2.24. The Bertz CT molecular complexity index is 186. The summed E-state index contributed by atoms with van der Waals surface area (Å²) < 4.78 is 0. The van der Waals surface area contributed by atoms with Gasteiger partial charge in [0.2, 0.25) is 0 Å². The molecule has 0 radical (unpaired) electrons. The first kappa shape index (κ1) is 13.9. The zero-order chi connectivity index (χ0) is 12.1. The van der Waals surface area contributed by atoms with Gasteiger partial charge in [-0.3, -0.25) is 4.90 Å². The smallest absolute Gasteiger partial charge is 0.0693 e. The van der Waals surface area contributed by atoms with Crippen molar-refractivity contribution >= 4 is 0 Å². The lowest BCUT2D eigenvalue weighted by Crippen LogP contribution is -2.44. The maximum atomic E-state index is 9.70. The summed E-state index contributed by atoms with van der Waals surface area (Å²) in [4.78, 5) is 2.48. The number of nitrogens with zero attached hydrogens (tertiary/aromatic N) is 1. The minimum absolute atomic E-state index is 0.119. The second kappa shape index (κ2) is 6.58. The summed E-state index contributed by atoms with van der Waals surface area (Å²) in [5.74, 6) is 0. The fraction of sp³-hybridized carbons (Fsp3) is 1.00. The van der Waals surface area contributed by atoms with E-state index in [-0.39, 0.29) is 6.10 Å². The summed E-state index contributed by atoms with van der Waals surface area (Å²) in [5.41, 5.74) is 0. The lowest BCUT2D eigenvalue weighted by Gasteiger charge is -2.31. The van der Waals surface area contributed by atoms with Crippen LogP contribution >= 0.6 is 0 Å². The third-order valence-corrected chi connectivity index (χ3v) is 3.58. The van der Waals surface area contributed by atoms with E-state index in [0.717, 1.165) is 32.4 Å². The highest BCUT2D eigenvalue weighted by molar-refractivity contribution is 4.83. The second-order valence-electron chi connectivity index (χ2n) is 5.48. The molecular weight excluding hydrogens is 200 g/mol. The van der Waals surface area contributed by atoms with Crippen LogP contribution in [-0.4, -0.2) is 47.3 Å². The molecular formula is C13H28N2O. The molecule has 2 N–H and O–H groups in total. The van der Waals surface area contributed by atoms with Crippen molar-refractivity contribution in [1.82, 2.24) is 10.2 Å². The van der Waals surface area contributed by atoms with Crippen molar-refractivity contribution in [3.8, 4) is 0 Å². The van der Waals surface area contributed by atoms with Gasteiger partial charge in [0.1, 0.15) is 0 Å². The van der Waals surface area contributed by atoms with Gasteiger partial charge in [0.25, 0.3) is 0 Å². The highest BCUT2D eigenvalue weighted by atomic mass is 16.3. The minimum Gasteiger partial charge on any atom is -0.392 e. The van der Waals surface area contributed by atoms with E-state index >= 15 is 0 Å². The van der Waals surface area contributed by atoms with Crippen LogP contribution in [0.2, 0.25) is 0 Å². The standard InChI is InChI=1S/C13H28N2O/c1-10(2)15(11(3)4)9-8-14-12-6-5-7-13(12)16/h10-14,16H,5-9H2,1-4H3. The monoisotopic (exact) mass is 228 g/mol. The molecule has 3 heteroatoms. The first-order valence-corrected chi connectivity index (χ1v) is 6.69. The molecule has 0 heterocycles. The molecule has 0 amide bonds. The van der Waals surface area contributed by atoms with E-state index in [9.17, 15) is 5.11 Å². The van der Waals surface area contributed by atoms with Crippen molar-refractivity contribution < 1.29 is 5.11 Å². The van der Waals surface area contributed by atoms with Crippen LogP contribution in [0.15, 0.2) is 0 Å². The normalized spacial score (nSPS) is 26.2. The fourth-order valence-electron chi connectivity index (χ4n) is 2.67. The van der Waals surface area contributed by atoms with Crippen molar-refractivity contribution in [1.29, 1.82) is 0 Å². The van der Waals surface area contributed by atoms with Crippen LogP contribution < -0.4 is 5.32 Å². The predicted octanol–water partition coefficient (Wildman–Crippen LogP) is 1.61. The average molecular weight is 228 g/mol. The quantitative estimate of drug-likeness (QED) is 0.725. The van der Waals surface area contributed by atoms with Crippen molar-refractivity contribution in [2.24, 2.45) is 0 Å². The maximum Gasteiger partial charge on any atom is 0.0693 e. The van der Waals surface area contributed by atoms with Crippen LogP contribution in [0.4, 0.5) is 0 Å². The van der Waals surface area contributed by atoms with Crippen molar-refractivity contribution in [3.05, 3.63) is 0 Å². The van der Waals surface area contributed by atoms with Crippen LogP contribution in [0, 0.1) is 0 Å². The number of hydrogen-bond donors (Lipinski definition) is 2. The largest absolute Gasteiger partial charge is 0.392 e. The summed E-state index contributed by atoms with van der Waals surface area (Å²) in [6.07, 6.45) is 3.14. The van der Waals surface area contributed by atoms with Gasteiger partial charge >= 0.3 is 0 Å². The van der Waals surface area contributed by atoms with E-state index in [1.54, 1.807) is 0 Å². The van der Waals surface area contributed by atoms with Crippen molar-refractivity contribution in [2.75, 3.05) is 13.1 Å². The van der Waals surface area contributed by atoms with Gasteiger partial charge < -0.3 is 10.4 Å². The van der Waals surface area contributed by atoms with E-state index in [1.807, 2.05) is 0 Å². The molecule has 1 aliphatic rings. The number of aliphatic hydroxyl groups is 1. The summed E-state index contributed by atoms with van der Waals surface area (Å²) in [7, 11) is 0.